The minimum Gasteiger partial charge on any atom is -0.389 e. The molecule has 0 bridgehead atoms. The van der Waals surface area contributed by atoms with Crippen LogP contribution in [0.4, 0.5) is 17.5 Å². The predicted molar refractivity (Wildman–Crippen MR) is 62.1 cm³/mol. The Morgan fingerprint density at radius 1 is 1.39 bits per heavy atom. The zero-order valence-corrected chi connectivity index (χ0v) is 9.65. The number of aliphatic hydroxyl groups is 2. The van der Waals surface area contributed by atoms with Crippen molar-refractivity contribution < 1.29 is 15.1 Å². The molecule has 2 heterocycles. The highest BCUT2D eigenvalue weighted by Crippen LogP contribution is 2.31. The van der Waals surface area contributed by atoms with Crippen molar-refractivity contribution in [1.29, 1.82) is 0 Å². The Kier molecular flexibility index (Phi) is 3.01. The molecule has 9 nitrogen and oxygen atoms in total. The predicted octanol–water partition coefficient (Wildman–Crippen LogP) is -1.18. The summed E-state index contributed by atoms with van der Waals surface area (Å²) in [7, 11) is 0. The molecule has 2 unspecified atom stereocenters. The topological polar surface area (TPSA) is 139 Å². The van der Waals surface area contributed by atoms with Gasteiger partial charge in [0.15, 0.2) is 0 Å². The van der Waals surface area contributed by atoms with Crippen LogP contribution in [0.5, 0.6) is 0 Å². The van der Waals surface area contributed by atoms with E-state index >= 15 is 0 Å². The van der Waals surface area contributed by atoms with Gasteiger partial charge in [-0.05, 0) is 6.92 Å². The van der Waals surface area contributed by atoms with E-state index in [-0.39, 0.29) is 36.2 Å². The third kappa shape index (κ3) is 2.05. The molecule has 2 atom stereocenters. The van der Waals surface area contributed by atoms with Gasteiger partial charge >= 0.3 is 5.69 Å². The van der Waals surface area contributed by atoms with Gasteiger partial charge in [-0.1, -0.05) is 0 Å². The first kappa shape index (κ1) is 12.5. The van der Waals surface area contributed by atoms with E-state index < -0.39 is 17.1 Å². The number of anilines is 2. The maximum atomic E-state index is 11.0. The molecular weight excluding hydrogens is 242 g/mol. The molecular formula is C9H13N5O4. The Bertz CT molecular complexity index is 484. The minimum absolute atomic E-state index is 0.0283. The molecule has 1 aromatic rings. The zero-order valence-electron chi connectivity index (χ0n) is 9.65. The maximum Gasteiger partial charge on any atom is 0.332 e. The molecule has 1 fully saturated rings. The van der Waals surface area contributed by atoms with Crippen LogP contribution in [0.3, 0.4) is 0 Å². The van der Waals surface area contributed by atoms with Crippen molar-refractivity contribution in [1.82, 2.24) is 9.97 Å². The van der Waals surface area contributed by atoms with E-state index in [1.807, 2.05) is 0 Å². The van der Waals surface area contributed by atoms with E-state index in [1.54, 1.807) is 0 Å². The van der Waals surface area contributed by atoms with Crippen LogP contribution in [0, 0.1) is 17.0 Å². The second-order valence-electron chi connectivity index (χ2n) is 4.14. The fourth-order valence-electron chi connectivity index (χ4n) is 1.95. The lowest BCUT2D eigenvalue weighted by atomic mass is 10.3. The highest BCUT2D eigenvalue weighted by molar-refractivity contribution is 5.62. The zero-order chi connectivity index (χ0) is 13.4. The van der Waals surface area contributed by atoms with E-state index in [4.69, 9.17) is 5.73 Å². The Morgan fingerprint density at radius 3 is 2.44 bits per heavy atom. The summed E-state index contributed by atoms with van der Waals surface area (Å²) in [6.07, 6.45) is -1.91. The third-order valence-corrected chi connectivity index (χ3v) is 2.80. The first-order valence-corrected chi connectivity index (χ1v) is 5.29. The second-order valence-corrected chi connectivity index (χ2v) is 4.14. The van der Waals surface area contributed by atoms with Crippen molar-refractivity contribution in [3.63, 3.8) is 0 Å². The molecule has 1 aliphatic heterocycles. The van der Waals surface area contributed by atoms with Crippen molar-refractivity contribution in [3.8, 4) is 0 Å². The quantitative estimate of drug-likeness (QED) is 0.443. The Balaban J connectivity index is 2.47. The molecule has 1 aromatic heterocycles. The molecule has 98 valence electrons. The summed E-state index contributed by atoms with van der Waals surface area (Å²) >= 11 is 0. The van der Waals surface area contributed by atoms with Crippen LogP contribution in [-0.2, 0) is 0 Å². The fourth-order valence-corrected chi connectivity index (χ4v) is 1.95. The average molecular weight is 255 g/mol. The number of β-amino-alcohol motifs (C(OH)–C–C–N with tert-alkyl or cyclic N) is 2. The van der Waals surface area contributed by atoms with Gasteiger partial charge in [0.05, 0.1) is 17.1 Å². The van der Waals surface area contributed by atoms with Gasteiger partial charge in [-0.3, -0.25) is 10.1 Å². The number of nitrogens with two attached hydrogens (primary N) is 1. The molecule has 1 aliphatic rings. The van der Waals surface area contributed by atoms with Gasteiger partial charge in [0.2, 0.25) is 11.8 Å². The van der Waals surface area contributed by atoms with Crippen LogP contribution in [-0.4, -0.2) is 50.4 Å². The first-order valence-electron chi connectivity index (χ1n) is 5.29. The number of nitrogens with zero attached hydrogens (tertiary/aromatic N) is 4. The summed E-state index contributed by atoms with van der Waals surface area (Å²) < 4.78 is 0. The van der Waals surface area contributed by atoms with E-state index in [2.05, 4.69) is 9.97 Å². The summed E-state index contributed by atoms with van der Waals surface area (Å²) in [5.74, 6) is -0.0513. The number of rotatable bonds is 2. The van der Waals surface area contributed by atoms with Crippen molar-refractivity contribution in [2.45, 2.75) is 19.1 Å². The lowest BCUT2D eigenvalue weighted by Crippen LogP contribution is -2.24. The van der Waals surface area contributed by atoms with E-state index in [1.165, 1.54) is 11.8 Å². The number of hydrogen-bond donors (Lipinski definition) is 3. The van der Waals surface area contributed by atoms with Crippen molar-refractivity contribution >= 4 is 17.5 Å². The van der Waals surface area contributed by atoms with Crippen LogP contribution in [0.25, 0.3) is 0 Å². The third-order valence-electron chi connectivity index (χ3n) is 2.80. The molecule has 0 saturated carbocycles. The monoisotopic (exact) mass is 255 g/mol. The molecule has 0 amide bonds. The number of nitro groups is 1. The fraction of sp³-hybridized carbons (Fsp3) is 0.556. The normalized spacial score (nSPS) is 23.4. The second kappa shape index (κ2) is 4.35. The van der Waals surface area contributed by atoms with Crippen molar-refractivity contribution in [2.24, 2.45) is 0 Å². The van der Waals surface area contributed by atoms with Gasteiger partial charge in [0.25, 0.3) is 0 Å². The van der Waals surface area contributed by atoms with Crippen molar-refractivity contribution in [3.05, 3.63) is 15.8 Å². The standard InChI is InChI=1S/C9H13N5O4/c1-4-7(14(17)18)8(12-9(10)11-4)13-2-5(15)6(16)3-13/h5-6,15-16H,2-3H2,1H3,(H2,10,11,12). The molecule has 2 rings (SSSR count). The van der Waals surface area contributed by atoms with Crippen LogP contribution >= 0.6 is 0 Å². The van der Waals surface area contributed by atoms with Crippen LogP contribution in [0.2, 0.25) is 0 Å². The lowest BCUT2D eigenvalue weighted by Gasteiger charge is -2.16. The van der Waals surface area contributed by atoms with Crippen LogP contribution in [0.1, 0.15) is 5.69 Å². The summed E-state index contributed by atoms with van der Waals surface area (Å²) in [4.78, 5) is 19.4. The smallest absolute Gasteiger partial charge is 0.332 e. The number of nitrogen functional groups attached to an aromatic ring is 1. The van der Waals surface area contributed by atoms with E-state index in [9.17, 15) is 20.3 Å². The SMILES string of the molecule is Cc1nc(N)nc(N2CC(O)C(O)C2)c1[N+](=O)[O-]. The lowest BCUT2D eigenvalue weighted by molar-refractivity contribution is -0.385. The number of aliphatic hydroxyl groups excluding tert-OH is 2. The first-order chi connectivity index (χ1) is 8.40. The Morgan fingerprint density at radius 2 is 1.94 bits per heavy atom. The molecule has 9 heteroatoms. The average Bonchev–Trinajstić information content (AvgIpc) is 2.57. The van der Waals surface area contributed by atoms with Gasteiger partial charge in [-0.2, -0.15) is 4.98 Å². The molecule has 0 spiro atoms. The van der Waals surface area contributed by atoms with Crippen LogP contribution in [0.15, 0.2) is 0 Å². The summed E-state index contributed by atoms with van der Waals surface area (Å²) in [6.45, 7) is 1.60. The molecule has 4 N–H and O–H groups in total. The molecule has 0 aromatic carbocycles. The number of hydrogen-bond acceptors (Lipinski definition) is 8. The molecule has 18 heavy (non-hydrogen) atoms. The van der Waals surface area contributed by atoms with Gasteiger partial charge < -0.3 is 20.8 Å². The largest absolute Gasteiger partial charge is 0.389 e. The number of aryl methyl sites for hydroxylation is 1. The van der Waals surface area contributed by atoms with Crippen LogP contribution < -0.4 is 10.6 Å². The minimum atomic E-state index is -0.957. The summed E-state index contributed by atoms with van der Waals surface area (Å²) in [5.41, 5.74) is 5.36. The van der Waals surface area contributed by atoms with Gasteiger partial charge in [0.1, 0.15) is 5.69 Å². The number of aromatic nitrogens is 2. The van der Waals surface area contributed by atoms with Gasteiger partial charge in [-0.15, -0.1) is 0 Å². The van der Waals surface area contributed by atoms with E-state index in [0.717, 1.165) is 0 Å². The Labute approximate surface area is 102 Å². The summed E-state index contributed by atoms with van der Waals surface area (Å²) in [6, 6.07) is 0. The highest BCUT2D eigenvalue weighted by Gasteiger charge is 2.35. The summed E-state index contributed by atoms with van der Waals surface area (Å²) in [5, 5.41) is 29.9. The maximum absolute atomic E-state index is 11.0. The molecule has 1 saturated heterocycles. The van der Waals surface area contributed by atoms with E-state index in [0.29, 0.717) is 0 Å². The molecule has 0 aliphatic carbocycles. The molecule has 0 radical (unpaired) electrons. The van der Waals surface area contributed by atoms with Gasteiger partial charge in [-0.25, -0.2) is 4.98 Å². The van der Waals surface area contributed by atoms with Gasteiger partial charge in [0, 0.05) is 13.1 Å². The Hall–Kier alpha value is -2.00. The van der Waals surface area contributed by atoms with Crippen molar-refractivity contribution in [2.75, 3.05) is 23.7 Å². The highest BCUT2D eigenvalue weighted by atomic mass is 16.6.